The standard InChI is InChI=1S/C11H9F7N2O/c1-5-3-6(2)19-7(4-5)20-8(21)9(12,13)10(14,15)11(16,17)18/h3-4H,1-2H3,(H,19,20,21). The molecule has 118 valence electrons. The van der Waals surface area contributed by atoms with Crippen LogP contribution in [-0.4, -0.2) is 28.9 Å². The van der Waals surface area contributed by atoms with Gasteiger partial charge in [-0.25, -0.2) is 4.98 Å². The molecule has 0 aromatic carbocycles. The first-order valence-corrected chi connectivity index (χ1v) is 5.38. The monoisotopic (exact) mass is 318 g/mol. The predicted molar refractivity (Wildman–Crippen MR) is 58.3 cm³/mol. The first-order valence-electron chi connectivity index (χ1n) is 5.38. The van der Waals surface area contributed by atoms with Crippen LogP contribution in [0.5, 0.6) is 0 Å². The molecule has 0 spiro atoms. The summed E-state index contributed by atoms with van der Waals surface area (Å²) in [6, 6.07) is 2.53. The lowest BCUT2D eigenvalue weighted by atomic mass is 10.1. The molecular weight excluding hydrogens is 309 g/mol. The number of amides is 1. The molecule has 1 aromatic heterocycles. The van der Waals surface area contributed by atoms with Crippen molar-refractivity contribution in [2.24, 2.45) is 0 Å². The van der Waals surface area contributed by atoms with Gasteiger partial charge in [-0.2, -0.15) is 30.7 Å². The molecule has 0 saturated heterocycles. The van der Waals surface area contributed by atoms with E-state index in [1.165, 1.54) is 25.2 Å². The van der Waals surface area contributed by atoms with Crippen LogP contribution in [0.2, 0.25) is 0 Å². The smallest absolute Gasteiger partial charge is 0.305 e. The molecule has 0 fully saturated rings. The Labute approximate surface area is 114 Å². The number of anilines is 1. The molecule has 0 aliphatic heterocycles. The van der Waals surface area contributed by atoms with Crippen molar-refractivity contribution < 1.29 is 35.5 Å². The summed E-state index contributed by atoms with van der Waals surface area (Å²) < 4.78 is 87.3. The second-order valence-electron chi connectivity index (χ2n) is 4.27. The third kappa shape index (κ3) is 3.24. The summed E-state index contributed by atoms with van der Waals surface area (Å²) in [5, 5.41) is 1.26. The van der Waals surface area contributed by atoms with E-state index in [1.807, 2.05) is 0 Å². The molecule has 0 bridgehead atoms. The second-order valence-corrected chi connectivity index (χ2v) is 4.27. The summed E-state index contributed by atoms with van der Waals surface area (Å²) in [6.45, 7) is 2.91. The zero-order valence-electron chi connectivity index (χ0n) is 10.7. The lowest BCUT2D eigenvalue weighted by Crippen LogP contribution is -2.57. The van der Waals surface area contributed by atoms with Crippen LogP contribution in [0.15, 0.2) is 12.1 Å². The molecule has 0 saturated carbocycles. The maximum absolute atomic E-state index is 13.1. The van der Waals surface area contributed by atoms with Crippen molar-refractivity contribution in [3.63, 3.8) is 0 Å². The van der Waals surface area contributed by atoms with Crippen LogP contribution in [0, 0.1) is 13.8 Å². The number of aromatic nitrogens is 1. The zero-order valence-corrected chi connectivity index (χ0v) is 10.7. The summed E-state index contributed by atoms with van der Waals surface area (Å²) in [7, 11) is 0. The lowest BCUT2D eigenvalue weighted by Gasteiger charge is -2.26. The van der Waals surface area contributed by atoms with Crippen molar-refractivity contribution in [2.45, 2.75) is 31.9 Å². The molecule has 1 N–H and O–H groups in total. The highest BCUT2D eigenvalue weighted by molar-refractivity contribution is 5.96. The van der Waals surface area contributed by atoms with Gasteiger partial charge in [-0.05, 0) is 31.5 Å². The minimum atomic E-state index is -6.57. The van der Waals surface area contributed by atoms with Gasteiger partial charge in [-0.15, -0.1) is 0 Å². The Kier molecular flexibility index (Phi) is 4.22. The fraction of sp³-hybridized carbons (Fsp3) is 0.455. The van der Waals surface area contributed by atoms with Crippen molar-refractivity contribution >= 4 is 11.7 Å². The highest BCUT2D eigenvalue weighted by Gasteiger charge is 2.76. The molecule has 10 heteroatoms. The van der Waals surface area contributed by atoms with E-state index in [0.717, 1.165) is 6.07 Å². The summed E-state index contributed by atoms with van der Waals surface area (Å²) in [6.07, 6.45) is -6.57. The minimum Gasteiger partial charge on any atom is -0.305 e. The van der Waals surface area contributed by atoms with Gasteiger partial charge in [0.1, 0.15) is 5.82 Å². The number of hydrogen-bond acceptors (Lipinski definition) is 2. The molecule has 0 radical (unpaired) electrons. The molecule has 0 aliphatic carbocycles. The number of alkyl halides is 7. The van der Waals surface area contributed by atoms with Gasteiger partial charge in [0.15, 0.2) is 0 Å². The van der Waals surface area contributed by atoms with Crippen molar-refractivity contribution in [2.75, 3.05) is 5.32 Å². The van der Waals surface area contributed by atoms with E-state index >= 15 is 0 Å². The normalized spacial score (nSPS) is 13.2. The van der Waals surface area contributed by atoms with E-state index in [4.69, 9.17) is 0 Å². The highest BCUT2D eigenvalue weighted by Crippen LogP contribution is 2.46. The number of pyridine rings is 1. The van der Waals surface area contributed by atoms with E-state index in [9.17, 15) is 35.5 Å². The second kappa shape index (κ2) is 5.15. The van der Waals surface area contributed by atoms with Crippen LogP contribution in [0.4, 0.5) is 36.6 Å². The Bertz CT molecular complexity index is 534. The number of rotatable bonds is 3. The molecule has 0 aliphatic rings. The minimum absolute atomic E-state index is 0.260. The zero-order chi connectivity index (χ0) is 16.6. The average Bonchev–Trinajstić information content (AvgIpc) is 2.25. The predicted octanol–water partition coefficient (Wildman–Crippen LogP) is 3.47. The van der Waals surface area contributed by atoms with Crippen molar-refractivity contribution in [3.05, 3.63) is 23.4 Å². The maximum Gasteiger partial charge on any atom is 0.460 e. The number of hydrogen-bond donors (Lipinski definition) is 1. The largest absolute Gasteiger partial charge is 0.460 e. The number of nitrogens with zero attached hydrogens (tertiary/aromatic N) is 1. The summed E-state index contributed by atoms with van der Waals surface area (Å²) >= 11 is 0. The number of halogens is 7. The summed E-state index contributed by atoms with van der Waals surface area (Å²) in [4.78, 5) is 14.6. The van der Waals surface area contributed by atoms with Crippen molar-refractivity contribution in [1.82, 2.24) is 4.98 Å². The summed E-state index contributed by atoms with van der Waals surface area (Å²) in [5.41, 5.74) is 0.708. The SMILES string of the molecule is Cc1cc(C)nc(NC(=O)C(F)(F)C(F)(F)C(F)(F)F)c1. The topological polar surface area (TPSA) is 42.0 Å². The lowest BCUT2D eigenvalue weighted by molar-refractivity contribution is -0.343. The molecule has 0 unspecified atom stereocenters. The van der Waals surface area contributed by atoms with E-state index in [0.29, 0.717) is 5.56 Å². The van der Waals surface area contributed by atoms with E-state index in [1.54, 1.807) is 0 Å². The Morgan fingerprint density at radius 2 is 1.57 bits per heavy atom. The maximum atomic E-state index is 13.1. The molecule has 1 rings (SSSR count). The number of nitrogens with one attached hydrogen (secondary N) is 1. The Morgan fingerprint density at radius 3 is 2.00 bits per heavy atom. The highest BCUT2D eigenvalue weighted by atomic mass is 19.4. The van der Waals surface area contributed by atoms with Gasteiger partial charge in [-0.3, -0.25) is 4.79 Å². The molecular formula is C11H9F7N2O. The third-order valence-electron chi connectivity index (χ3n) is 2.37. The van der Waals surface area contributed by atoms with Crippen LogP contribution >= 0.6 is 0 Å². The van der Waals surface area contributed by atoms with E-state index in [2.05, 4.69) is 4.98 Å². The molecule has 0 atom stereocenters. The Hall–Kier alpha value is -1.87. The van der Waals surface area contributed by atoms with Crippen molar-refractivity contribution in [1.29, 1.82) is 0 Å². The first-order chi connectivity index (χ1) is 9.29. The molecule has 3 nitrogen and oxygen atoms in total. The van der Waals surface area contributed by atoms with Gasteiger partial charge >= 0.3 is 23.9 Å². The Morgan fingerprint density at radius 1 is 1.05 bits per heavy atom. The number of aryl methyl sites for hydroxylation is 2. The van der Waals surface area contributed by atoms with Gasteiger partial charge in [-0.1, -0.05) is 0 Å². The fourth-order valence-corrected chi connectivity index (χ4v) is 1.42. The number of carbonyl (C=O) groups excluding carboxylic acids is 1. The summed E-state index contributed by atoms with van der Waals surface area (Å²) in [5.74, 6) is -15.8. The van der Waals surface area contributed by atoms with Crippen LogP contribution in [0.25, 0.3) is 0 Å². The molecule has 21 heavy (non-hydrogen) atoms. The molecule has 1 aromatic rings. The number of carbonyl (C=O) groups is 1. The molecule has 1 heterocycles. The van der Waals surface area contributed by atoms with Crippen LogP contribution in [0.1, 0.15) is 11.3 Å². The fourth-order valence-electron chi connectivity index (χ4n) is 1.42. The third-order valence-corrected chi connectivity index (χ3v) is 2.37. The van der Waals surface area contributed by atoms with Gasteiger partial charge in [0.05, 0.1) is 0 Å². The van der Waals surface area contributed by atoms with Crippen LogP contribution < -0.4 is 5.32 Å². The molecule has 1 amide bonds. The average molecular weight is 318 g/mol. The Balaban J connectivity index is 3.07. The van der Waals surface area contributed by atoms with Crippen LogP contribution in [-0.2, 0) is 4.79 Å². The van der Waals surface area contributed by atoms with Gasteiger partial charge in [0, 0.05) is 5.69 Å². The quantitative estimate of drug-likeness (QED) is 0.867. The van der Waals surface area contributed by atoms with Crippen LogP contribution in [0.3, 0.4) is 0 Å². The van der Waals surface area contributed by atoms with E-state index < -0.39 is 29.7 Å². The van der Waals surface area contributed by atoms with Gasteiger partial charge < -0.3 is 5.32 Å². The van der Waals surface area contributed by atoms with Gasteiger partial charge in [0.25, 0.3) is 0 Å². The van der Waals surface area contributed by atoms with Gasteiger partial charge in [0.2, 0.25) is 0 Å². The first kappa shape index (κ1) is 17.2. The van der Waals surface area contributed by atoms with Crippen molar-refractivity contribution in [3.8, 4) is 0 Å². The van der Waals surface area contributed by atoms with E-state index in [-0.39, 0.29) is 5.69 Å².